The molecule has 3 N–H and O–H groups in total. The SMILES string of the molecule is O=C(c1ccc(-c2cc(=NC3CC3)n3nc/c(=C\c4[nH]c(=O)[nH]c4O)c3n2)s1)N1CC[C@@H](F)C1. The number of hydrogen-bond donors (Lipinski definition) is 3. The van der Waals surface area contributed by atoms with Gasteiger partial charge in [-0.25, -0.2) is 14.2 Å². The molecule has 10 nitrogen and oxygen atoms in total. The number of hydrogen-bond acceptors (Lipinski definition) is 7. The van der Waals surface area contributed by atoms with Crippen LogP contribution in [0.25, 0.3) is 22.3 Å². The Hall–Kier alpha value is -3.80. The van der Waals surface area contributed by atoms with E-state index in [0.29, 0.717) is 39.9 Å². The van der Waals surface area contributed by atoms with Gasteiger partial charge in [-0.05, 0) is 37.5 Å². The average Bonchev–Trinajstić information content (AvgIpc) is 3.18. The molecule has 1 aliphatic carbocycles. The molecule has 0 radical (unpaired) electrons. The summed E-state index contributed by atoms with van der Waals surface area (Å²) in [6.07, 6.45) is 4.60. The molecule has 12 heteroatoms. The lowest BCUT2D eigenvalue weighted by Gasteiger charge is -2.13. The summed E-state index contributed by atoms with van der Waals surface area (Å²) in [6, 6.07) is 5.65. The van der Waals surface area contributed by atoms with E-state index in [1.165, 1.54) is 11.3 Å². The Morgan fingerprint density at radius 2 is 2.15 bits per heavy atom. The van der Waals surface area contributed by atoms with E-state index in [0.717, 1.165) is 17.7 Å². The zero-order chi connectivity index (χ0) is 23.4. The monoisotopic (exact) mass is 481 g/mol. The van der Waals surface area contributed by atoms with E-state index < -0.39 is 11.9 Å². The Labute approximate surface area is 195 Å². The third-order valence-electron chi connectivity index (χ3n) is 5.86. The Morgan fingerprint density at radius 3 is 2.85 bits per heavy atom. The Kier molecular flexibility index (Phi) is 4.83. The molecule has 0 bridgehead atoms. The molecule has 34 heavy (non-hydrogen) atoms. The highest BCUT2D eigenvalue weighted by atomic mass is 32.1. The summed E-state index contributed by atoms with van der Waals surface area (Å²) in [6.45, 7) is 0.550. The summed E-state index contributed by atoms with van der Waals surface area (Å²) < 4.78 is 15.2. The van der Waals surface area contributed by atoms with Crippen LogP contribution in [-0.4, -0.2) is 65.8 Å². The summed E-state index contributed by atoms with van der Waals surface area (Å²) >= 11 is 1.30. The molecule has 174 valence electrons. The molecule has 1 aliphatic heterocycles. The molecule has 0 unspecified atom stereocenters. The molecular weight excluding hydrogens is 461 g/mol. The van der Waals surface area contributed by atoms with Gasteiger partial charge in [0, 0.05) is 17.8 Å². The van der Waals surface area contributed by atoms with Crippen molar-refractivity contribution in [2.75, 3.05) is 13.1 Å². The minimum absolute atomic E-state index is 0.129. The molecule has 2 aliphatic rings. The van der Waals surface area contributed by atoms with Crippen LogP contribution in [0.1, 0.15) is 34.6 Å². The lowest BCUT2D eigenvalue weighted by molar-refractivity contribution is 0.0787. The fourth-order valence-electron chi connectivity index (χ4n) is 3.97. The number of fused-ring (bicyclic) bond motifs is 1. The third-order valence-corrected chi connectivity index (χ3v) is 6.96. The molecule has 1 saturated heterocycles. The third kappa shape index (κ3) is 3.79. The van der Waals surface area contributed by atoms with Gasteiger partial charge in [0.15, 0.2) is 11.1 Å². The molecule has 4 aromatic rings. The number of aromatic amines is 2. The van der Waals surface area contributed by atoms with Gasteiger partial charge in [-0.15, -0.1) is 11.3 Å². The van der Waals surface area contributed by atoms with Crippen molar-refractivity contribution < 1.29 is 14.3 Å². The van der Waals surface area contributed by atoms with Gasteiger partial charge in [0.2, 0.25) is 5.88 Å². The topological polar surface area (TPSA) is 132 Å². The number of imidazole rings is 1. The van der Waals surface area contributed by atoms with E-state index in [2.05, 4.69) is 15.1 Å². The van der Waals surface area contributed by atoms with Gasteiger partial charge in [0.1, 0.15) is 11.9 Å². The number of alkyl halides is 1. The van der Waals surface area contributed by atoms with Crippen molar-refractivity contribution in [1.29, 1.82) is 0 Å². The molecule has 1 atom stereocenters. The number of rotatable bonds is 4. The van der Waals surface area contributed by atoms with E-state index in [-0.39, 0.29) is 30.1 Å². The first-order valence-corrected chi connectivity index (χ1v) is 11.8. The fraction of sp³-hybridized carbons (Fsp3) is 0.318. The number of aromatic nitrogens is 5. The van der Waals surface area contributed by atoms with E-state index in [1.807, 2.05) is 12.1 Å². The Balaban J connectivity index is 1.46. The smallest absolute Gasteiger partial charge is 0.326 e. The summed E-state index contributed by atoms with van der Waals surface area (Å²) in [4.78, 5) is 41.4. The quantitative estimate of drug-likeness (QED) is 0.400. The van der Waals surface area contributed by atoms with Crippen molar-refractivity contribution >= 4 is 29.0 Å². The minimum Gasteiger partial charge on any atom is -0.493 e. The van der Waals surface area contributed by atoms with Gasteiger partial charge in [-0.3, -0.25) is 14.8 Å². The van der Waals surface area contributed by atoms with Gasteiger partial charge < -0.3 is 15.0 Å². The lowest BCUT2D eigenvalue weighted by atomic mass is 10.3. The lowest BCUT2D eigenvalue weighted by Crippen LogP contribution is -2.28. The molecule has 0 spiro atoms. The maximum Gasteiger partial charge on any atom is 0.326 e. The number of nitrogens with zero attached hydrogens (tertiary/aromatic N) is 5. The Morgan fingerprint density at radius 1 is 1.29 bits per heavy atom. The van der Waals surface area contributed by atoms with Crippen LogP contribution in [0.3, 0.4) is 0 Å². The maximum atomic E-state index is 13.6. The predicted octanol–water partition coefficient (Wildman–Crippen LogP) is 0.975. The highest BCUT2D eigenvalue weighted by Crippen LogP contribution is 2.28. The number of aromatic hydroxyl groups is 1. The first-order chi connectivity index (χ1) is 16.4. The molecule has 4 aromatic heterocycles. The molecule has 5 heterocycles. The number of carbonyl (C=O) groups excluding carboxylic acids is 1. The van der Waals surface area contributed by atoms with E-state index in [4.69, 9.17) is 9.98 Å². The van der Waals surface area contributed by atoms with Crippen molar-refractivity contribution in [3.05, 3.63) is 56.2 Å². The van der Waals surface area contributed by atoms with E-state index in [1.54, 1.807) is 27.8 Å². The first-order valence-electron chi connectivity index (χ1n) is 10.9. The number of amides is 1. The summed E-state index contributed by atoms with van der Waals surface area (Å²) in [5.41, 5.74) is 1.46. The summed E-state index contributed by atoms with van der Waals surface area (Å²) in [5.74, 6) is -0.451. The highest BCUT2D eigenvalue weighted by Gasteiger charge is 2.27. The number of likely N-dealkylation sites (tertiary alicyclic amines) is 1. The van der Waals surface area contributed by atoms with Crippen molar-refractivity contribution in [1.82, 2.24) is 29.5 Å². The Bertz CT molecular complexity index is 1600. The predicted molar refractivity (Wildman–Crippen MR) is 122 cm³/mol. The standard InChI is InChI=1S/C22H20FN7O3S/c23-12-5-6-29(10-12)21(32)17-4-3-16(34-17)14-8-18(25-13-1-2-13)30-19(26-14)11(9-24-30)7-15-20(31)28-22(33)27-15/h3-4,7-9,12-13,31H,1-2,5-6,10H2,(H2,27,28,33)/b11-7+,25-18?/t12-/m1/s1. The molecular formula is C22H20FN7O3S. The van der Waals surface area contributed by atoms with Crippen molar-refractivity contribution in [3.8, 4) is 16.5 Å². The van der Waals surface area contributed by atoms with Crippen LogP contribution < -0.4 is 16.4 Å². The average molecular weight is 482 g/mol. The zero-order valence-corrected chi connectivity index (χ0v) is 18.7. The fourth-order valence-corrected chi connectivity index (χ4v) is 4.91. The van der Waals surface area contributed by atoms with Gasteiger partial charge in [-0.2, -0.15) is 9.61 Å². The number of thiophene rings is 1. The molecule has 0 aromatic carbocycles. The van der Waals surface area contributed by atoms with E-state index >= 15 is 0 Å². The van der Waals surface area contributed by atoms with Crippen LogP contribution in [0.15, 0.2) is 34.2 Å². The largest absolute Gasteiger partial charge is 0.493 e. The van der Waals surface area contributed by atoms with Crippen molar-refractivity contribution in [2.24, 2.45) is 4.99 Å². The molecule has 6 rings (SSSR count). The van der Waals surface area contributed by atoms with Crippen molar-refractivity contribution in [2.45, 2.75) is 31.5 Å². The van der Waals surface area contributed by atoms with Gasteiger partial charge in [0.25, 0.3) is 5.91 Å². The number of halogens is 1. The van der Waals surface area contributed by atoms with Gasteiger partial charge >= 0.3 is 5.69 Å². The second-order valence-electron chi connectivity index (χ2n) is 8.48. The van der Waals surface area contributed by atoms with Crippen LogP contribution in [0.4, 0.5) is 4.39 Å². The van der Waals surface area contributed by atoms with Crippen LogP contribution in [-0.2, 0) is 0 Å². The van der Waals surface area contributed by atoms with Gasteiger partial charge in [-0.1, -0.05) is 0 Å². The maximum absolute atomic E-state index is 13.6. The number of carbonyl (C=O) groups is 1. The molecule has 1 saturated carbocycles. The summed E-state index contributed by atoms with van der Waals surface area (Å²) in [7, 11) is 0. The van der Waals surface area contributed by atoms with Crippen LogP contribution in [0.2, 0.25) is 0 Å². The molecule has 2 fully saturated rings. The normalized spacial score (nSPS) is 19.6. The number of nitrogens with one attached hydrogen (secondary N) is 2. The first kappa shape index (κ1) is 20.8. The number of H-pyrrole nitrogens is 2. The van der Waals surface area contributed by atoms with Crippen LogP contribution >= 0.6 is 11.3 Å². The van der Waals surface area contributed by atoms with Crippen molar-refractivity contribution in [3.63, 3.8) is 0 Å². The zero-order valence-electron chi connectivity index (χ0n) is 17.9. The van der Waals surface area contributed by atoms with Crippen LogP contribution in [0, 0.1) is 0 Å². The highest BCUT2D eigenvalue weighted by molar-refractivity contribution is 7.17. The molecule has 1 amide bonds. The second kappa shape index (κ2) is 7.90. The second-order valence-corrected chi connectivity index (χ2v) is 9.57. The minimum atomic E-state index is -0.968. The van der Waals surface area contributed by atoms with E-state index in [9.17, 15) is 19.1 Å². The van der Waals surface area contributed by atoms with Gasteiger partial charge in [0.05, 0.1) is 34.2 Å². The summed E-state index contributed by atoms with van der Waals surface area (Å²) in [5, 5.41) is 14.9. The van der Waals surface area contributed by atoms with Crippen LogP contribution in [0.5, 0.6) is 5.88 Å².